The number of thioether (sulfide) groups is 1. The first kappa shape index (κ1) is 13.0. The number of ether oxygens (including phenoxy) is 1. The Morgan fingerprint density at radius 3 is 2.28 bits per heavy atom. The summed E-state index contributed by atoms with van der Waals surface area (Å²) in [4.78, 5) is 25.2. The number of hydrogen-bond acceptors (Lipinski definition) is 4. The van der Waals surface area contributed by atoms with Gasteiger partial charge in [-0.2, -0.15) is 11.8 Å². The maximum Gasteiger partial charge on any atom is 0.243 e. The van der Waals surface area contributed by atoms with Crippen molar-refractivity contribution >= 4 is 23.6 Å². The molecule has 5 heteroatoms. The number of likely N-dealkylation sites (N-methyl/N-ethyl adjacent to an activating group) is 1. The molecule has 1 heterocycles. The van der Waals surface area contributed by atoms with Gasteiger partial charge in [0.1, 0.15) is 5.75 Å². The van der Waals surface area contributed by atoms with E-state index >= 15 is 0 Å². The second-order valence-corrected chi connectivity index (χ2v) is 5.12. The first-order valence-electron chi connectivity index (χ1n) is 5.58. The number of likely N-dealkylation sites (tertiary alicyclic amines) is 1. The van der Waals surface area contributed by atoms with Gasteiger partial charge in [-0.1, -0.05) is 12.1 Å². The van der Waals surface area contributed by atoms with Crippen LogP contribution in [0.5, 0.6) is 5.75 Å². The Morgan fingerprint density at radius 1 is 1.17 bits per heavy atom. The van der Waals surface area contributed by atoms with Crippen molar-refractivity contribution in [3.05, 3.63) is 29.8 Å². The van der Waals surface area contributed by atoms with Crippen molar-refractivity contribution in [2.75, 3.05) is 20.4 Å². The van der Waals surface area contributed by atoms with Crippen LogP contribution in [0, 0.1) is 0 Å². The molecule has 2 atom stereocenters. The van der Waals surface area contributed by atoms with Gasteiger partial charge in [-0.05, 0) is 24.0 Å². The molecule has 0 radical (unpaired) electrons. The molecule has 1 saturated heterocycles. The molecule has 0 spiro atoms. The van der Waals surface area contributed by atoms with E-state index < -0.39 is 0 Å². The molecule has 0 aromatic heterocycles. The Balaban J connectivity index is 2.35. The largest absolute Gasteiger partial charge is 0.497 e. The summed E-state index contributed by atoms with van der Waals surface area (Å²) in [5.41, 5.74) is 0.859. The molecule has 0 aliphatic carbocycles. The quantitative estimate of drug-likeness (QED) is 0.777. The minimum absolute atomic E-state index is 0.117. The number of benzene rings is 1. The van der Waals surface area contributed by atoms with Crippen LogP contribution in [0.15, 0.2) is 24.3 Å². The highest BCUT2D eigenvalue weighted by Crippen LogP contribution is 2.36. The molecule has 1 aliphatic heterocycles. The summed E-state index contributed by atoms with van der Waals surface area (Å²) >= 11 is 1.42. The van der Waals surface area contributed by atoms with Gasteiger partial charge in [-0.25, -0.2) is 0 Å². The van der Waals surface area contributed by atoms with Crippen LogP contribution in [-0.4, -0.2) is 42.4 Å². The van der Waals surface area contributed by atoms with Crippen molar-refractivity contribution in [3.8, 4) is 5.75 Å². The topological polar surface area (TPSA) is 46.6 Å². The molecule has 2 amide bonds. The van der Waals surface area contributed by atoms with Crippen LogP contribution >= 0.6 is 11.8 Å². The van der Waals surface area contributed by atoms with Crippen molar-refractivity contribution in [1.82, 2.24) is 4.90 Å². The van der Waals surface area contributed by atoms with Crippen LogP contribution in [-0.2, 0) is 9.59 Å². The first-order valence-corrected chi connectivity index (χ1v) is 6.87. The zero-order chi connectivity index (χ0) is 13.3. The fourth-order valence-corrected chi connectivity index (χ4v) is 3.05. The summed E-state index contributed by atoms with van der Waals surface area (Å²) in [6.45, 7) is 0. The summed E-state index contributed by atoms with van der Waals surface area (Å²) in [5.74, 6) is 0.103. The van der Waals surface area contributed by atoms with Crippen LogP contribution in [0.1, 0.15) is 11.5 Å². The van der Waals surface area contributed by atoms with Gasteiger partial charge in [-0.15, -0.1) is 0 Å². The maximum atomic E-state index is 12.1. The monoisotopic (exact) mass is 265 g/mol. The molecular weight excluding hydrogens is 250 g/mol. The van der Waals surface area contributed by atoms with E-state index in [0.29, 0.717) is 0 Å². The van der Waals surface area contributed by atoms with E-state index in [4.69, 9.17) is 4.74 Å². The van der Waals surface area contributed by atoms with Crippen molar-refractivity contribution < 1.29 is 14.3 Å². The van der Waals surface area contributed by atoms with Crippen molar-refractivity contribution in [2.45, 2.75) is 11.2 Å². The molecular formula is C13H15NO3S. The Labute approximate surface area is 110 Å². The lowest BCUT2D eigenvalue weighted by Gasteiger charge is -2.13. The molecule has 0 N–H and O–H groups in total. The summed E-state index contributed by atoms with van der Waals surface area (Å²) in [5, 5.41) is -0.323. The van der Waals surface area contributed by atoms with Crippen LogP contribution < -0.4 is 4.74 Å². The highest BCUT2D eigenvalue weighted by Gasteiger charge is 2.46. The number of imide groups is 1. The molecule has 1 aromatic rings. The predicted octanol–water partition coefficient (Wildman–Crippen LogP) is 1.51. The van der Waals surface area contributed by atoms with Gasteiger partial charge >= 0.3 is 0 Å². The van der Waals surface area contributed by atoms with Gasteiger partial charge in [0.15, 0.2) is 0 Å². The lowest BCUT2D eigenvalue weighted by atomic mass is 9.97. The molecule has 1 aliphatic rings. The SMILES string of the molecule is COc1ccc([C@@H]2C(=O)N(C)C(=O)[C@H]2SC)cc1. The van der Waals surface area contributed by atoms with Crippen LogP contribution in [0.25, 0.3) is 0 Å². The van der Waals surface area contributed by atoms with E-state index in [9.17, 15) is 9.59 Å². The van der Waals surface area contributed by atoms with Crippen molar-refractivity contribution in [2.24, 2.45) is 0 Å². The molecule has 96 valence electrons. The fourth-order valence-electron chi connectivity index (χ4n) is 2.15. The highest BCUT2D eigenvalue weighted by atomic mass is 32.2. The van der Waals surface area contributed by atoms with Crippen LogP contribution in [0.4, 0.5) is 0 Å². The lowest BCUT2D eigenvalue weighted by Crippen LogP contribution is -2.26. The van der Waals surface area contributed by atoms with E-state index in [0.717, 1.165) is 11.3 Å². The van der Waals surface area contributed by atoms with Gasteiger partial charge in [0.05, 0.1) is 18.3 Å². The smallest absolute Gasteiger partial charge is 0.243 e. The third-order valence-electron chi connectivity index (χ3n) is 3.20. The zero-order valence-electron chi connectivity index (χ0n) is 10.5. The number of carbonyl (C=O) groups is 2. The number of rotatable bonds is 3. The van der Waals surface area contributed by atoms with Gasteiger partial charge in [0.25, 0.3) is 0 Å². The highest BCUT2D eigenvalue weighted by molar-refractivity contribution is 8.00. The average Bonchev–Trinajstić information content (AvgIpc) is 2.63. The Hall–Kier alpha value is -1.49. The number of nitrogens with zero attached hydrogens (tertiary/aromatic N) is 1. The summed E-state index contributed by atoms with van der Waals surface area (Å²) in [6, 6.07) is 7.31. The van der Waals surface area contributed by atoms with E-state index in [1.54, 1.807) is 7.11 Å². The normalized spacial score (nSPS) is 23.6. The molecule has 2 rings (SSSR count). The van der Waals surface area contributed by atoms with Gasteiger partial charge < -0.3 is 4.74 Å². The van der Waals surface area contributed by atoms with Gasteiger partial charge in [0.2, 0.25) is 11.8 Å². The first-order chi connectivity index (χ1) is 8.60. The standard InChI is InChI=1S/C13H15NO3S/c1-14-12(15)10(11(18-3)13(14)16)8-4-6-9(17-2)7-5-8/h4-7,10-11H,1-3H3/t10-,11-/m0/s1. The minimum atomic E-state index is -0.386. The van der Waals surface area contributed by atoms with Crippen LogP contribution in [0.3, 0.4) is 0 Å². The minimum Gasteiger partial charge on any atom is -0.497 e. The summed E-state index contributed by atoms with van der Waals surface area (Å²) in [7, 11) is 3.13. The predicted molar refractivity (Wildman–Crippen MR) is 70.8 cm³/mol. The van der Waals surface area contributed by atoms with Crippen LogP contribution in [0.2, 0.25) is 0 Å². The second kappa shape index (κ2) is 5.02. The average molecular weight is 265 g/mol. The third kappa shape index (κ3) is 1.99. The molecule has 1 aromatic carbocycles. The van der Waals surface area contributed by atoms with Gasteiger partial charge in [0, 0.05) is 7.05 Å². The molecule has 18 heavy (non-hydrogen) atoms. The summed E-state index contributed by atoms with van der Waals surface area (Å²) in [6.07, 6.45) is 1.85. The number of methoxy groups -OCH3 is 1. The van der Waals surface area contributed by atoms with E-state index in [1.807, 2.05) is 30.5 Å². The molecule has 0 unspecified atom stereocenters. The number of carbonyl (C=O) groups excluding carboxylic acids is 2. The van der Waals surface area contributed by atoms with E-state index in [2.05, 4.69) is 0 Å². The Bertz CT molecular complexity index is 472. The molecule has 4 nitrogen and oxygen atoms in total. The molecule has 0 bridgehead atoms. The summed E-state index contributed by atoms with van der Waals surface area (Å²) < 4.78 is 5.09. The third-order valence-corrected chi connectivity index (χ3v) is 4.18. The van der Waals surface area contributed by atoms with E-state index in [-0.39, 0.29) is 23.0 Å². The fraction of sp³-hybridized carbons (Fsp3) is 0.385. The van der Waals surface area contributed by atoms with Crippen molar-refractivity contribution in [1.29, 1.82) is 0 Å². The second-order valence-electron chi connectivity index (χ2n) is 4.14. The van der Waals surface area contributed by atoms with E-state index in [1.165, 1.54) is 23.7 Å². The number of hydrogen-bond donors (Lipinski definition) is 0. The molecule has 1 fully saturated rings. The zero-order valence-corrected chi connectivity index (χ0v) is 11.4. The van der Waals surface area contributed by atoms with Gasteiger partial charge in [-0.3, -0.25) is 14.5 Å². The Morgan fingerprint density at radius 2 is 1.78 bits per heavy atom. The lowest BCUT2D eigenvalue weighted by molar-refractivity contribution is -0.136. The van der Waals surface area contributed by atoms with Crippen molar-refractivity contribution in [3.63, 3.8) is 0 Å². The Kier molecular flexibility index (Phi) is 3.61. The molecule has 0 saturated carbocycles. The maximum absolute atomic E-state index is 12.1. The number of amides is 2.